The van der Waals surface area contributed by atoms with E-state index in [0.29, 0.717) is 5.69 Å². The molecule has 112 valence electrons. The van der Waals surface area contributed by atoms with Crippen LogP contribution in [0, 0.1) is 29.5 Å². The van der Waals surface area contributed by atoms with Crippen LogP contribution in [0.4, 0.5) is 10.1 Å². The maximum absolute atomic E-state index is 13.2. The minimum atomic E-state index is -0.885. The second-order valence-electron chi connectivity index (χ2n) is 6.06. The van der Waals surface area contributed by atoms with E-state index in [2.05, 4.69) is 5.32 Å². The summed E-state index contributed by atoms with van der Waals surface area (Å²) in [6.07, 6.45) is 3.61. The van der Waals surface area contributed by atoms with Gasteiger partial charge in [-0.25, -0.2) is 4.39 Å². The Hall–Kier alpha value is -1.91. The van der Waals surface area contributed by atoms with Gasteiger partial charge >= 0.3 is 5.97 Å². The normalized spacial score (nSPS) is 30.9. The molecule has 1 amide bonds. The zero-order valence-electron chi connectivity index (χ0n) is 11.6. The fourth-order valence-electron chi connectivity index (χ4n) is 3.97. The molecule has 5 heteroatoms. The van der Waals surface area contributed by atoms with Crippen molar-refractivity contribution in [3.8, 4) is 0 Å². The molecule has 3 saturated carbocycles. The molecule has 4 nitrogen and oxygen atoms in total. The average Bonchev–Trinajstić information content (AvgIpc) is 2.47. The zero-order valence-corrected chi connectivity index (χ0v) is 11.6. The molecule has 2 bridgehead atoms. The third-order valence-corrected chi connectivity index (χ3v) is 4.90. The number of anilines is 1. The van der Waals surface area contributed by atoms with Crippen molar-refractivity contribution in [2.75, 3.05) is 5.32 Å². The fraction of sp³-hybridized carbons (Fsp3) is 0.500. The average molecular weight is 291 g/mol. The molecule has 0 spiro atoms. The van der Waals surface area contributed by atoms with Crippen molar-refractivity contribution in [3.05, 3.63) is 30.1 Å². The van der Waals surface area contributed by atoms with Gasteiger partial charge < -0.3 is 10.4 Å². The van der Waals surface area contributed by atoms with Gasteiger partial charge in [-0.2, -0.15) is 0 Å². The van der Waals surface area contributed by atoms with Gasteiger partial charge in [-0.1, -0.05) is 6.07 Å². The number of benzene rings is 1. The monoisotopic (exact) mass is 291 g/mol. The van der Waals surface area contributed by atoms with E-state index in [-0.39, 0.29) is 17.7 Å². The Morgan fingerprint density at radius 1 is 1.10 bits per heavy atom. The smallest absolute Gasteiger partial charge is 0.307 e. The molecule has 0 aliphatic heterocycles. The van der Waals surface area contributed by atoms with E-state index in [4.69, 9.17) is 0 Å². The second kappa shape index (κ2) is 5.47. The number of carbonyl (C=O) groups excluding carboxylic acids is 1. The molecule has 4 rings (SSSR count). The maximum atomic E-state index is 13.2. The van der Waals surface area contributed by atoms with E-state index < -0.39 is 23.6 Å². The van der Waals surface area contributed by atoms with Crippen LogP contribution in [0.5, 0.6) is 0 Å². The Morgan fingerprint density at radius 2 is 1.71 bits per heavy atom. The van der Waals surface area contributed by atoms with Gasteiger partial charge in [0.2, 0.25) is 5.91 Å². The number of amides is 1. The first-order valence-corrected chi connectivity index (χ1v) is 7.35. The summed E-state index contributed by atoms with van der Waals surface area (Å²) in [5, 5.41) is 12.1. The van der Waals surface area contributed by atoms with Crippen LogP contribution in [-0.2, 0) is 9.59 Å². The Balaban J connectivity index is 1.80. The van der Waals surface area contributed by atoms with Crippen LogP contribution >= 0.6 is 0 Å². The number of halogens is 1. The first kappa shape index (κ1) is 14.0. The first-order valence-electron chi connectivity index (χ1n) is 7.35. The van der Waals surface area contributed by atoms with Crippen molar-refractivity contribution < 1.29 is 19.1 Å². The van der Waals surface area contributed by atoms with Crippen LogP contribution in [0.3, 0.4) is 0 Å². The third-order valence-electron chi connectivity index (χ3n) is 4.90. The van der Waals surface area contributed by atoms with Crippen LogP contribution < -0.4 is 5.32 Å². The molecular formula is C16H18FNO3. The summed E-state index contributed by atoms with van der Waals surface area (Å²) < 4.78 is 13.2. The van der Waals surface area contributed by atoms with Crippen molar-refractivity contribution in [1.82, 2.24) is 0 Å². The van der Waals surface area contributed by atoms with E-state index in [0.717, 1.165) is 25.7 Å². The topological polar surface area (TPSA) is 66.4 Å². The molecule has 0 saturated heterocycles. The van der Waals surface area contributed by atoms with E-state index in [9.17, 15) is 19.1 Å². The Labute approximate surface area is 122 Å². The van der Waals surface area contributed by atoms with Crippen molar-refractivity contribution in [1.29, 1.82) is 0 Å². The minimum absolute atomic E-state index is 0.0933. The number of rotatable bonds is 3. The van der Waals surface area contributed by atoms with Crippen LogP contribution in [0.1, 0.15) is 25.7 Å². The number of carbonyl (C=O) groups is 2. The predicted octanol–water partition coefficient (Wildman–Crippen LogP) is 2.90. The minimum Gasteiger partial charge on any atom is -0.481 e. The highest BCUT2D eigenvalue weighted by Crippen LogP contribution is 2.49. The van der Waals surface area contributed by atoms with Gasteiger partial charge in [0.15, 0.2) is 0 Å². The highest BCUT2D eigenvalue weighted by Gasteiger charge is 2.50. The molecule has 2 N–H and O–H groups in total. The fourth-order valence-corrected chi connectivity index (χ4v) is 3.97. The summed E-state index contributed by atoms with van der Waals surface area (Å²) in [5.74, 6) is -2.48. The molecular weight excluding hydrogens is 273 g/mol. The molecule has 3 aliphatic rings. The summed E-state index contributed by atoms with van der Waals surface area (Å²) in [6.45, 7) is 0. The molecule has 1 aromatic carbocycles. The lowest BCUT2D eigenvalue weighted by atomic mass is 9.58. The SMILES string of the molecule is O=C(O)[C@H]1C2CCC(CC2)[C@@H]1C(=O)Nc1cccc(F)c1. The molecule has 0 aromatic heterocycles. The Kier molecular flexibility index (Phi) is 3.66. The van der Waals surface area contributed by atoms with Gasteiger partial charge in [-0.3, -0.25) is 9.59 Å². The van der Waals surface area contributed by atoms with E-state index in [1.807, 2.05) is 0 Å². The quantitative estimate of drug-likeness (QED) is 0.900. The molecule has 0 radical (unpaired) electrons. The number of carboxylic acids is 1. The summed E-state index contributed by atoms with van der Waals surface area (Å²) >= 11 is 0. The van der Waals surface area contributed by atoms with E-state index in [1.54, 1.807) is 6.07 Å². The largest absolute Gasteiger partial charge is 0.481 e. The zero-order chi connectivity index (χ0) is 15.0. The number of nitrogens with one attached hydrogen (secondary N) is 1. The Morgan fingerprint density at radius 3 is 2.29 bits per heavy atom. The Bertz CT molecular complexity index is 566. The van der Waals surface area contributed by atoms with Crippen molar-refractivity contribution >= 4 is 17.6 Å². The van der Waals surface area contributed by atoms with E-state index >= 15 is 0 Å². The molecule has 3 aliphatic carbocycles. The first-order chi connectivity index (χ1) is 10.1. The molecule has 1 aromatic rings. The van der Waals surface area contributed by atoms with Crippen LogP contribution in [0.25, 0.3) is 0 Å². The lowest BCUT2D eigenvalue weighted by Crippen LogP contribution is -2.49. The number of fused-ring (bicyclic) bond motifs is 3. The van der Waals surface area contributed by atoms with Crippen LogP contribution in [-0.4, -0.2) is 17.0 Å². The molecule has 21 heavy (non-hydrogen) atoms. The standard InChI is InChI=1S/C16H18FNO3/c17-11-2-1-3-12(8-11)18-15(19)13-9-4-6-10(7-5-9)14(13)16(20)21/h1-3,8-10,13-14H,4-7H2,(H,18,19)(H,20,21)/t9?,10?,13-,14-/m0/s1. The van der Waals surface area contributed by atoms with E-state index in [1.165, 1.54) is 18.2 Å². The maximum Gasteiger partial charge on any atom is 0.307 e. The summed E-state index contributed by atoms with van der Waals surface area (Å²) in [7, 11) is 0. The molecule has 3 fully saturated rings. The van der Waals surface area contributed by atoms with Crippen molar-refractivity contribution in [3.63, 3.8) is 0 Å². The highest BCUT2D eigenvalue weighted by atomic mass is 19.1. The lowest BCUT2D eigenvalue weighted by molar-refractivity contribution is -0.156. The van der Waals surface area contributed by atoms with Gasteiger partial charge in [0.1, 0.15) is 5.82 Å². The number of hydrogen-bond acceptors (Lipinski definition) is 2. The van der Waals surface area contributed by atoms with Crippen LogP contribution in [0.15, 0.2) is 24.3 Å². The number of hydrogen-bond donors (Lipinski definition) is 2. The summed E-state index contributed by atoms with van der Waals surface area (Å²) in [4.78, 5) is 24.0. The predicted molar refractivity (Wildman–Crippen MR) is 75.1 cm³/mol. The summed E-state index contributed by atoms with van der Waals surface area (Å²) in [5.41, 5.74) is 0.380. The lowest BCUT2D eigenvalue weighted by Gasteiger charge is -2.45. The van der Waals surface area contributed by atoms with Crippen molar-refractivity contribution in [2.45, 2.75) is 25.7 Å². The summed E-state index contributed by atoms with van der Waals surface area (Å²) in [6, 6.07) is 5.68. The van der Waals surface area contributed by atoms with Gasteiger partial charge in [-0.05, 0) is 55.7 Å². The highest BCUT2D eigenvalue weighted by molar-refractivity contribution is 5.95. The van der Waals surface area contributed by atoms with Gasteiger partial charge in [-0.15, -0.1) is 0 Å². The van der Waals surface area contributed by atoms with Gasteiger partial charge in [0.25, 0.3) is 0 Å². The van der Waals surface area contributed by atoms with Crippen molar-refractivity contribution in [2.24, 2.45) is 23.7 Å². The number of aliphatic carboxylic acids is 1. The third kappa shape index (κ3) is 2.64. The molecule has 0 heterocycles. The van der Waals surface area contributed by atoms with Gasteiger partial charge in [0, 0.05) is 5.69 Å². The van der Waals surface area contributed by atoms with Crippen LogP contribution in [0.2, 0.25) is 0 Å². The number of carboxylic acid groups (broad SMARTS) is 1. The second-order valence-corrected chi connectivity index (χ2v) is 6.06. The van der Waals surface area contributed by atoms with Gasteiger partial charge in [0.05, 0.1) is 11.8 Å². The molecule has 2 atom stereocenters. The molecule has 0 unspecified atom stereocenters.